The van der Waals surface area contributed by atoms with Gasteiger partial charge in [0.2, 0.25) is 5.91 Å². The van der Waals surface area contributed by atoms with E-state index in [1.165, 1.54) is 27.4 Å². The van der Waals surface area contributed by atoms with E-state index in [0.717, 1.165) is 4.90 Å². The highest BCUT2D eigenvalue weighted by atomic mass is 16.5. The molecular weight excluding hydrogens is 438 g/mol. The third kappa shape index (κ3) is 4.49. The van der Waals surface area contributed by atoms with Gasteiger partial charge in [-0.1, -0.05) is 12.1 Å². The highest BCUT2D eigenvalue weighted by molar-refractivity contribution is 6.36. The Morgan fingerprint density at radius 3 is 2.38 bits per heavy atom. The van der Waals surface area contributed by atoms with E-state index in [0.29, 0.717) is 34.2 Å². The van der Waals surface area contributed by atoms with Crippen molar-refractivity contribution in [2.75, 3.05) is 24.9 Å². The Kier molecular flexibility index (Phi) is 6.35. The zero-order chi connectivity index (χ0) is 24.2. The molecule has 0 unspecified atom stereocenters. The summed E-state index contributed by atoms with van der Waals surface area (Å²) in [5.74, 6) is 0.302. The summed E-state index contributed by atoms with van der Waals surface area (Å²) in [6.07, 6.45) is 1.48. The molecule has 0 atom stereocenters. The van der Waals surface area contributed by atoms with Crippen molar-refractivity contribution in [2.45, 2.75) is 13.5 Å². The summed E-state index contributed by atoms with van der Waals surface area (Å²) < 4.78 is 16.1. The van der Waals surface area contributed by atoms with Gasteiger partial charge in [-0.05, 0) is 42.0 Å². The molecule has 0 bridgehead atoms. The van der Waals surface area contributed by atoms with Gasteiger partial charge in [-0.15, -0.1) is 0 Å². The van der Waals surface area contributed by atoms with Crippen LogP contribution in [0.5, 0.6) is 11.5 Å². The Morgan fingerprint density at radius 2 is 1.76 bits per heavy atom. The number of anilines is 2. The van der Waals surface area contributed by atoms with Gasteiger partial charge in [0.25, 0.3) is 11.8 Å². The van der Waals surface area contributed by atoms with Gasteiger partial charge in [0.15, 0.2) is 0 Å². The van der Waals surface area contributed by atoms with Crippen LogP contribution in [0.4, 0.5) is 11.4 Å². The Morgan fingerprint density at radius 1 is 1.00 bits per heavy atom. The van der Waals surface area contributed by atoms with Gasteiger partial charge in [0.05, 0.1) is 38.3 Å². The summed E-state index contributed by atoms with van der Waals surface area (Å²) in [5.41, 5.74) is 1.83. The van der Waals surface area contributed by atoms with Crippen LogP contribution in [-0.4, -0.2) is 36.8 Å². The first-order valence-corrected chi connectivity index (χ1v) is 10.4. The van der Waals surface area contributed by atoms with Crippen LogP contribution in [0.3, 0.4) is 0 Å². The van der Waals surface area contributed by atoms with Gasteiger partial charge in [-0.2, -0.15) is 0 Å². The van der Waals surface area contributed by atoms with Gasteiger partial charge in [0.1, 0.15) is 23.0 Å². The lowest BCUT2D eigenvalue weighted by molar-refractivity contribution is -0.137. The second-order valence-corrected chi connectivity index (χ2v) is 7.48. The summed E-state index contributed by atoms with van der Waals surface area (Å²) in [6, 6.07) is 15.2. The summed E-state index contributed by atoms with van der Waals surface area (Å²) in [6.45, 7) is 1.39. The molecule has 1 aliphatic heterocycles. The predicted molar refractivity (Wildman–Crippen MR) is 125 cm³/mol. The van der Waals surface area contributed by atoms with Crippen molar-refractivity contribution in [1.29, 1.82) is 0 Å². The van der Waals surface area contributed by atoms with Gasteiger partial charge in [-0.25, -0.2) is 0 Å². The standard InChI is InChI=1S/C25H23N3O6/c1-15(29)26-17-8-6-16(7-9-17)22-23(27-20-13-18(32-2)10-11-21(20)33-3)25(31)28(24(22)30)14-19-5-4-12-34-19/h4-13,27H,14H2,1-3H3,(H,26,29). The largest absolute Gasteiger partial charge is 0.497 e. The molecule has 1 aliphatic rings. The summed E-state index contributed by atoms with van der Waals surface area (Å²) in [4.78, 5) is 39.3. The number of rotatable bonds is 8. The number of ether oxygens (including phenoxy) is 2. The number of nitrogens with zero attached hydrogens (tertiary/aromatic N) is 1. The third-order valence-corrected chi connectivity index (χ3v) is 5.22. The molecule has 4 rings (SSSR count). The van der Waals surface area contributed by atoms with Crippen molar-refractivity contribution >= 4 is 34.7 Å². The highest BCUT2D eigenvalue weighted by Crippen LogP contribution is 2.36. The number of benzene rings is 2. The Labute approximate surface area is 196 Å². The molecule has 0 spiro atoms. The molecule has 34 heavy (non-hydrogen) atoms. The molecule has 3 amide bonds. The summed E-state index contributed by atoms with van der Waals surface area (Å²) in [7, 11) is 3.04. The lowest BCUT2D eigenvalue weighted by atomic mass is 10.0. The topological polar surface area (TPSA) is 110 Å². The second-order valence-electron chi connectivity index (χ2n) is 7.48. The van der Waals surface area contributed by atoms with E-state index >= 15 is 0 Å². The maximum atomic E-state index is 13.4. The zero-order valence-electron chi connectivity index (χ0n) is 18.9. The minimum atomic E-state index is -0.507. The lowest BCUT2D eigenvalue weighted by Gasteiger charge is -2.15. The number of carbonyl (C=O) groups is 3. The van der Waals surface area contributed by atoms with E-state index in [4.69, 9.17) is 13.9 Å². The Balaban J connectivity index is 1.77. The molecular formula is C25H23N3O6. The van der Waals surface area contributed by atoms with Crippen LogP contribution in [0, 0.1) is 0 Å². The number of nitrogens with one attached hydrogen (secondary N) is 2. The van der Waals surface area contributed by atoms with Crippen molar-refractivity contribution in [1.82, 2.24) is 4.90 Å². The minimum Gasteiger partial charge on any atom is -0.497 e. The first-order chi connectivity index (χ1) is 16.4. The number of hydrogen-bond acceptors (Lipinski definition) is 7. The van der Waals surface area contributed by atoms with Crippen LogP contribution in [0.2, 0.25) is 0 Å². The van der Waals surface area contributed by atoms with E-state index in [1.807, 2.05) is 0 Å². The van der Waals surface area contributed by atoms with Crippen LogP contribution in [0.1, 0.15) is 18.2 Å². The Bertz CT molecular complexity index is 1260. The van der Waals surface area contributed by atoms with Crippen LogP contribution in [0.15, 0.2) is 71.0 Å². The summed E-state index contributed by atoms with van der Waals surface area (Å²) >= 11 is 0. The van der Waals surface area contributed by atoms with Gasteiger partial charge >= 0.3 is 0 Å². The van der Waals surface area contributed by atoms with Crippen LogP contribution < -0.4 is 20.1 Å². The number of furan rings is 1. The Hall–Kier alpha value is -4.53. The van der Waals surface area contributed by atoms with Crippen molar-refractivity contribution in [2.24, 2.45) is 0 Å². The molecule has 0 aliphatic carbocycles. The lowest BCUT2D eigenvalue weighted by Crippen LogP contribution is -2.31. The summed E-state index contributed by atoms with van der Waals surface area (Å²) in [5, 5.41) is 5.77. The second kappa shape index (κ2) is 9.53. The molecule has 1 aromatic heterocycles. The first kappa shape index (κ1) is 22.7. The molecule has 2 N–H and O–H groups in total. The molecule has 9 nitrogen and oxygen atoms in total. The molecule has 0 fully saturated rings. The van der Waals surface area contributed by atoms with Crippen molar-refractivity contribution in [3.05, 3.63) is 77.9 Å². The van der Waals surface area contributed by atoms with Gasteiger partial charge in [0, 0.05) is 18.7 Å². The SMILES string of the molecule is COc1ccc(OC)c(NC2=C(c3ccc(NC(C)=O)cc3)C(=O)N(Cc3ccco3)C2=O)c1. The monoisotopic (exact) mass is 461 g/mol. The first-order valence-electron chi connectivity index (χ1n) is 10.4. The van der Waals surface area contributed by atoms with Gasteiger partial charge in [-0.3, -0.25) is 19.3 Å². The van der Waals surface area contributed by atoms with Gasteiger partial charge < -0.3 is 24.5 Å². The predicted octanol–water partition coefficient (Wildman–Crippen LogP) is 3.65. The number of amides is 3. The van der Waals surface area contributed by atoms with E-state index in [-0.39, 0.29) is 23.7 Å². The fourth-order valence-corrected chi connectivity index (χ4v) is 3.63. The maximum absolute atomic E-state index is 13.4. The number of hydrogen-bond donors (Lipinski definition) is 2. The molecule has 174 valence electrons. The average Bonchev–Trinajstić information content (AvgIpc) is 3.42. The van der Waals surface area contributed by atoms with Crippen molar-refractivity contribution < 1.29 is 28.3 Å². The van der Waals surface area contributed by atoms with E-state index < -0.39 is 11.8 Å². The number of methoxy groups -OCH3 is 2. The molecule has 0 saturated heterocycles. The normalized spacial score (nSPS) is 13.3. The highest BCUT2D eigenvalue weighted by Gasteiger charge is 2.40. The minimum absolute atomic E-state index is 0.0153. The molecule has 0 radical (unpaired) electrons. The van der Waals surface area contributed by atoms with Crippen molar-refractivity contribution in [3.63, 3.8) is 0 Å². The number of carbonyl (C=O) groups excluding carboxylic acids is 3. The van der Waals surface area contributed by atoms with Crippen LogP contribution >= 0.6 is 0 Å². The smallest absolute Gasteiger partial charge is 0.278 e. The maximum Gasteiger partial charge on any atom is 0.278 e. The molecule has 2 heterocycles. The van der Waals surface area contributed by atoms with Crippen LogP contribution in [0.25, 0.3) is 5.57 Å². The molecule has 9 heteroatoms. The number of imide groups is 1. The fraction of sp³-hybridized carbons (Fsp3) is 0.160. The van der Waals surface area contributed by atoms with E-state index in [9.17, 15) is 14.4 Å². The fourth-order valence-electron chi connectivity index (χ4n) is 3.63. The molecule has 0 saturated carbocycles. The third-order valence-electron chi connectivity index (χ3n) is 5.22. The zero-order valence-corrected chi connectivity index (χ0v) is 18.9. The molecule has 2 aromatic carbocycles. The molecule has 3 aromatic rings. The average molecular weight is 461 g/mol. The quantitative estimate of drug-likeness (QED) is 0.493. The van der Waals surface area contributed by atoms with E-state index in [1.54, 1.807) is 54.6 Å². The van der Waals surface area contributed by atoms with Crippen LogP contribution in [-0.2, 0) is 20.9 Å². The van der Waals surface area contributed by atoms with Crippen molar-refractivity contribution in [3.8, 4) is 11.5 Å². The van der Waals surface area contributed by atoms with E-state index in [2.05, 4.69) is 10.6 Å².